The van der Waals surface area contributed by atoms with Gasteiger partial charge in [-0.3, -0.25) is 4.57 Å². The summed E-state index contributed by atoms with van der Waals surface area (Å²) in [6.45, 7) is 8.06. The van der Waals surface area contributed by atoms with Crippen molar-refractivity contribution >= 4 is 72.3 Å². The molecule has 0 N–H and O–H groups in total. The van der Waals surface area contributed by atoms with E-state index in [-0.39, 0.29) is 0 Å². The molecule has 1 aliphatic carbocycles. The minimum Gasteiger partial charge on any atom is -0.456 e. The molecular weight excluding hydrogens is 677 g/mol. The lowest BCUT2D eigenvalue weighted by Gasteiger charge is -2.19. The van der Waals surface area contributed by atoms with E-state index in [1.54, 1.807) is 6.08 Å². The summed E-state index contributed by atoms with van der Waals surface area (Å²) in [6.07, 6.45) is 7.72. The standard InChI is InChI=1S/C49H32N4O2/c1-3-33-40-27-31(23-26-43(40)54-41(33)4-2)35-18-12-19-38-39-25-21-29-13-8-9-16-34(29)45(39)53(46(35)38)49-51-47(30-14-6-5-7-15-30)50-48(52-49)32-22-24-37-36-17-10-11-20-42(36)55-44(37)28-32/h3-11,13-18,20-28H,1-2,12,19H2. The first-order valence-electron chi connectivity index (χ1n) is 18.5. The summed E-state index contributed by atoms with van der Waals surface area (Å²) in [5, 5.41) is 6.61. The van der Waals surface area contributed by atoms with Gasteiger partial charge in [0.1, 0.15) is 22.5 Å². The van der Waals surface area contributed by atoms with E-state index in [4.69, 9.17) is 23.8 Å². The molecule has 4 heterocycles. The van der Waals surface area contributed by atoms with E-state index in [9.17, 15) is 0 Å². The topological polar surface area (TPSA) is 69.9 Å². The van der Waals surface area contributed by atoms with Gasteiger partial charge in [0.25, 0.3) is 0 Å². The van der Waals surface area contributed by atoms with E-state index < -0.39 is 0 Å². The molecule has 6 aromatic carbocycles. The van der Waals surface area contributed by atoms with Crippen LogP contribution in [0.3, 0.4) is 0 Å². The fourth-order valence-corrected chi connectivity index (χ4v) is 8.40. The van der Waals surface area contributed by atoms with E-state index in [2.05, 4.69) is 90.5 Å². The highest BCUT2D eigenvalue weighted by Gasteiger charge is 2.28. The minimum absolute atomic E-state index is 0.550. The normalized spacial score (nSPS) is 12.8. The second-order valence-electron chi connectivity index (χ2n) is 14.0. The second-order valence-corrected chi connectivity index (χ2v) is 14.0. The van der Waals surface area contributed by atoms with Gasteiger partial charge in [0.05, 0.1) is 11.2 Å². The van der Waals surface area contributed by atoms with Crippen LogP contribution in [0.4, 0.5) is 0 Å². The van der Waals surface area contributed by atoms with Gasteiger partial charge in [-0.2, -0.15) is 9.97 Å². The lowest BCUT2D eigenvalue weighted by atomic mass is 9.90. The SMILES string of the molecule is C=Cc1oc2ccc(C3=CCCc4c3n(-c3nc(-c5ccccc5)nc(-c5ccc6c(c5)oc5ccccc56)n3)c3c4ccc4ccccc43)cc2c1C=C. The minimum atomic E-state index is 0.550. The van der Waals surface area contributed by atoms with Crippen LogP contribution in [-0.4, -0.2) is 19.5 Å². The van der Waals surface area contributed by atoms with Gasteiger partial charge >= 0.3 is 0 Å². The summed E-state index contributed by atoms with van der Waals surface area (Å²) in [5.74, 6) is 2.42. The molecule has 10 aromatic rings. The number of para-hydroxylation sites is 1. The molecule has 6 nitrogen and oxygen atoms in total. The molecule has 6 heteroatoms. The summed E-state index contributed by atoms with van der Waals surface area (Å²) in [5.41, 5.74) is 10.7. The van der Waals surface area contributed by atoms with Gasteiger partial charge in [-0.15, -0.1) is 0 Å². The lowest BCUT2D eigenvalue weighted by Crippen LogP contribution is -2.11. The van der Waals surface area contributed by atoms with Crippen LogP contribution in [0.5, 0.6) is 0 Å². The zero-order valence-corrected chi connectivity index (χ0v) is 29.8. The van der Waals surface area contributed by atoms with Crippen molar-refractivity contribution in [2.75, 3.05) is 0 Å². The Bertz CT molecular complexity index is 3250. The number of aryl methyl sites for hydroxylation is 1. The maximum atomic E-state index is 6.33. The largest absolute Gasteiger partial charge is 0.456 e. The maximum absolute atomic E-state index is 6.33. The number of allylic oxidation sites excluding steroid dienone is 1. The number of hydrogen-bond acceptors (Lipinski definition) is 5. The molecule has 0 aliphatic heterocycles. The predicted molar refractivity (Wildman–Crippen MR) is 224 cm³/mol. The number of nitrogens with zero attached hydrogens (tertiary/aromatic N) is 4. The fraction of sp³-hybridized carbons (Fsp3) is 0.0408. The third-order valence-corrected chi connectivity index (χ3v) is 10.9. The number of fused-ring (bicyclic) bond motifs is 9. The van der Waals surface area contributed by atoms with E-state index in [0.717, 1.165) is 95.6 Å². The molecule has 0 unspecified atom stereocenters. The molecule has 1 aliphatic rings. The van der Waals surface area contributed by atoms with Crippen molar-refractivity contribution in [2.45, 2.75) is 12.8 Å². The summed E-state index contributed by atoms with van der Waals surface area (Å²) in [6, 6.07) is 43.9. The average molecular weight is 709 g/mol. The van der Waals surface area contributed by atoms with E-state index in [0.29, 0.717) is 23.4 Å². The Labute approximate surface area is 316 Å². The maximum Gasteiger partial charge on any atom is 0.238 e. The van der Waals surface area contributed by atoms with Gasteiger partial charge in [-0.1, -0.05) is 122 Å². The van der Waals surface area contributed by atoms with Crippen molar-refractivity contribution < 1.29 is 8.83 Å². The van der Waals surface area contributed by atoms with Gasteiger partial charge in [-0.05, 0) is 65.8 Å². The Morgan fingerprint density at radius 3 is 2.15 bits per heavy atom. The molecule has 260 valence electrons. The zero-order valence-electron chi connectivity index (χ0n) is 29.8. The van der Waals surface area contributed by atoms with Crippen LogP contribution < -0.4 is 0 Å². The van der Waals surface area contributed by atoms with Crippen LogP contribution in [0.25, 0.3) is 101 Å². The highest BCUT2D eigenvalue weighted by molar-refractivity contribution is 6.11. The first kappa shape index (κ1) is 31.2. The third-order valence-electron chi connectivity index (χ3n) is 10.9. The molecule has 0 radical (unpaired) electrons. The van der Waals surface area contributed by atoms with Crippen LogP contribution in [0.1, 0.15) is 34.6 Å². The van der Waals surface area contributed by atoms with Gasteiger partial charge in [-0.25, -0.2) is 4.98 Å². The van der Waals surface area contributed by atoms with Gasteiger partial charge in [0, 0.05) is 49.2 Å². The van der Waals surface area contributed by atoms with Crippen molar-refractivity contribution in [3.8, 4) is 28.7 Å². The van der Waals surface area contributed by atoms with Crippen molar-refractivity contribution in [3.05, 3.63) is 175 Å². The second kappa shape index (κ2) is 12.1. The fourth-order valence-electron chi connectivity index (χ4n) is 8.40. The van der Waals surface area contributed by atoms with Crippen molar-refractivity contribution in [1.29, 1.82) is 0 Å². The molecule has 0 atom stereocenters. The average Bonchev–Trinajstić information content (AvgIpc) is 3.92. The smallest absolute Gasteiger partial charge is 0.238 e. The zero-order chi connectivity index (χ0) is 36.6. The Hall–Kier alpha value is -7.31. The van der Waals surface area contributed by atoms with Crippen LogP contribution in [0, 0.1) is 0 Å². The van der Waals surface area contributed by atoms with Gasteiger partial charge in [0.2, 0.25) is 5.95 Å². The van der Waals surface area contributed by atoms with E-state index >= 15 is 0 Å². The molecule has 0 amide bonds. The number of aromatic nitrogens is 4. The van der Waals surface area contributed by atoms with Crippen LogP contribution >= 0.6 is 0 Å². The molecule has 0 fully saturated rings. The third kappa shape index (κ3) is 4.78. The monoisotopic (exact) mass is 708 g/mol. The number of benzene rings is 6. The summed E-state index contributed by atoms with van der Waals surface area (Å²) < 4.78 is 14.8. The van der Waals surface area contributed by atoms with Gasteiger partial charge in [0.15, 0.2) is 11.6 Å². The molecule has 0 saturated heterocycles. The first-order chi connectivity index (χ1) is 27.2. The number of hydrogen-bond donors (Lipinski definition) is 0. The highest BCUT2D eigenvalue weighted by atomic mass is 16.3. The van der Waals surface area contributed by atoms with Crippen LogP contribution in [0.15, 0.2) is 155 Å². The lowest BCUT2D eigenvalue weighted by molar-refractivity contribution is 0.603. The van der Waals surface area contributed by atoms with E-state index in [1.165, 1.54) is 10.9 Å². The van der Waals surface area contributed by atoms with Crippen LogP contribution in [-0.2, 0) is 6.42 Å². The molecular formula is C49H32N4O2. The number of rotatable bonds is 6. The van der Waals surface area contributed by atoms with Gasteiger partial charge < -0.3 is 8.83 Å². The Kier molecular flexibility index (Phi) is 6.88. The van der Waals surface area contributed by atoms with Crippen molar-refractivity contribution in [2.24, 2.45) is 0 Å². The highest BCUT2D eigenvalue weighted by Crippen LogP contribution is 2.44. The molecule has 55 heavy (non-hydrogen) atoms. The molecule has 4 aromatic heterocycles. The van der Waals surface area contributed by atoms with Crippen molar-refractivity contribution in [1.82, 2.24) is 19.5 Å². The Balaban J connectivity index is 1.21. The molecule has 11 rings (SSSR count). The number of furan rings is 2. The first-order valence-corrected chi connectivity index (χ1v) is 18.5. The summed E-state index contributed by atoms with van der Waals surface area (Å²) >= 11 is 0. The van der Waals surface area contributed by atoms with Crippen LogP contribution in [0.2, 0.25) is 0 Å². The Morgan fingerprint density at radius 1 is 0.564 bits per heavy atom. The molecule has 0 bridgehead atoms. The van der Waals surface area contributed by atoms with E-state index in [1.807, 2.05) is 66.7 Å². The van der Waals surface area contributed by atoms with Crippen molar-refractivity contribution in [3.63, 3.8) is 0 Å². The predicted octanol–water partition coefficient (Wildman–Crippen LogP) is 12.6. The summed E-state index contributed by atoms with van der Waals surface area (Å²) in [4.78, 5) is 15.8. The Morgan fingerprint density at radius 2 is 1.29 bits per heavy atom. The molecule has 0 spiro atoms. The quantitative estimate of drug-likeness (QED) is 0.172. The molecule has 0 saturated carbocycles. The summed E-state index contributed by atoms with van der Waals surface area (Å²) in [7, 11) is 0.